The summed E-state index contributed by atoms with van der Waals surface area (Å²) >= 11 is 9.92. The Balaban J connectivity index is 2.52. The van der Waals surface area contributed by atoms with Crippen LogP contribution in [0, 0.1) is 0 Å². The Morgan fingerprint density at radius 1 is 1.14 bits per heavy atom. The van der Waals surface area contributed by atoms with Gasteiger partial charge in [-0.05, 0) is 0 Å². The van der Waals surface area contributed by atoms with E-state index < -0.39 is 16.7 Å². The highest BCUT2D eigenvalue weighted by Crippen LogP contribution is 2.51. The molecule has 1 aliphatic carbocycles. The first-order valence-electron chi connectivity index (χ1n) is 1.73. The first-order chi connectivity index (χ1) is 3.07. The standard InChI is InChI=1S/C3H2Cl2F2/c4-3(5)1(6)2(3)7/h1-2H. The van der Waals surface area contributed by atoms with Gasteiger partial charge in [0.2, 0.25) is 0 Å². The maximum absolute atomic E-state index is 11.6. The molecule has 0 nitrogen and oxygen atoms in total. The number of rotatable bonds is 0. The molecule has 2 unspecified atom stereocenters. The van der Waals surface area contributed by atoms with Gasteiger partial charge in [-0.2, -0.15) is 0 Å². The van der Waals surface area contributed by atoms with Crippen LogP contribution < -0.4 is 0 Å². The number of hydrogen-bond donors (Lipinski definition) is 0. The lowest BCUT2D eigenvalue weighted by Gasteiger charge is -1.82. The third-order valence-corrected chi connectivity index (χ3v) is 1.72. The molecule has 1 fully saturated rings. The summed E-state index contributed by atoms with van der Waals surface area (Å²) in [4.78, 5) is 0. The summed E-state index contributed by atoms with van der Waals surface area (Å²) in [7, 11) is 0. The molecule has 4 heteroatoms. The van der Waals surface area contributed by atoms with E-state index in [0.29, 0.717) is 0 Å². The van der Waals surface area contributed by atoms with Gasteiger partial charge in [-0.25, -0.2) is 8.78 Å². The zero-order valence-corrected chi connectivity index (χ0v) is 4.68. The highest BCUT2D eigenvalue weighted by atomic mass is 35.5. The maximum Gasteiger partial charge on any atom is 0.186 e. The highest BCUT2D eigenvalue weighted by Gasteiger charge is 2.66. The van der Waals surface area contributed by atoms with Crippen molar-refractivity contribution in [3.8, 4) is 0 Å². The van der Waals surface area contributed by atoms with Crippen LogP contribution in [-0.2, 0) is 0 Å². The second-order valence-corrected chi connectivity index (χ2v) is 2.92. The molecule has 0 spiro atoms. The third kappa shape index (κ3) is 0.609. The summed E-state index contributed by atoms with van der Waals surface area (Å²) in [5.41, 5.74) is 0. The van der Waals surface area contributed by atoms with Gasteiger partial charge in [0.1, 0.15) is 0 Å². The molecule has 1 rings (SSSR count). The normalized spacial score (nSPS) is 46.3. The zero-order chi connectivity index (χ0) is 5.65. The smallest absolute Gasteiger partial charge is 0.186 e. The third-order valence-electron chi connectivity index (χ3n) is 0.883. The van der Waals surface area contributed by atoms with Crippen molar-refractivity contribution in [2.45, 2.75) is 16.7 Å². The Bertz CT molecular complexity index is 82.9. The van der Waals surface area contributed by atoms with Gasteiger partial charge < -0.3 is 0 Å². The molecule has 0 bridgehead atoms. The lowest BCUT2D eigenvalue weighted by atomic mass is 10.9. The van der Waals surface area contributed by atoms with Crippen LogP contribution in [0.3, 0.4) is 0 Å². The van der Waals surface area contributed by atoms with Gasteiger partial charge in [0.15, 0.2) is 16.7 Å². The van der Waals surface area contributed by atoms with Crippen molar-refractivity contribution in [3.63, 3.8) is 0 Å². The minimum Gasteiger partial charge on any atom is -0.241 e. The molecule has 0 aromatic heterocycles. The summed E-state index contributed by atoms with van der Waals surface area (Å²) in [5.74, 6) is 0. The average molecular weight is 147 g/mol. The Labute approximate surface area is 49.4 Å². The minimum absolute atomic E-state index is 1.67. The average Bonchev–Trinajstić information content (AvgIpc) is 1.91. The first-order valence-corrected chi connectivity index (χ1v) is 2.48. The molecule has 0 aliphatic heterocycles. The lowest BCUT2D eigenvalue weighted by Crippen LogP contribution is -1.88. The van der Waals surface area contributed by atoms with E-state index in [9.17, 15) is 8.78 Å². The SMILES string of the molecule is FC1C(F)C1(Cl)Cl. The minimum atomic E-state index is -1.72. The fourth-order valence-corrected chi connectivity index (χ4v) is 0.571. The van der Waals surface area contributed by atoms with Crippen molar-refractivity contribution in [2.75, 3.05) is 0 Å². The topological polar surface area (TPSA) is 0 Å². The van der Waals surface area contributed by atoms with Gasteiger partial charge in [-0.1, -0.05) is 23.2 Å². The molecule has 42 valence electrons. The number of alkyl halides is 4. The quantitative estimate of drug-likeness (QED) is 0.458. The van der Waals surface area contributed by atoms with E-state index >= 15 is 0 Å². The van der Waals surface area contributed by atoms with E-state index in [0.717, 1.165) is 0 Å². The molecule has 2 atom stereocenters. The molecule has 7 heavy (non-hydrogen) atoms. The van der Waals surface area contributed by atoms with Crippen molar-refractivity contribution in [1.29, 1.82) is 0 Å². The molecular weight excluding hydrogens is 145 g/mol. The number of hydrogen-bond acceptors (Lipinski definition) is 0. The van der Waals surface area contributed by atoms with Gasteiger partial charge >= 0.3 is 0 Å². The van der Waals surface area contributed by atoms with Crippen LogP contribution in [0.1, 0.15) is 0 Å². The molecule has 0 radical (unpaired) electrons. The largest absolute Gasteiger partial charge is 0.241 e. The lowest BCUT2D eigenvalue weighted by molar-refractivity contribution is 0.372. The van der Waals surface area contributed by atoms with E-state index in [1.165, 1.54) is 0 Å². The Morgan fingerprint density at radius 3 is 1.29 bits per heavy atom. The first kappa shape index (κ1) is 5.57. The van der Waals surface area contributed by atoms with Crippen LogP contribution in [0.15, 0.2) is 0 Å². The van der Waals surface area contributed by atoms with Gasteiger partial charge in [-0.3, -0.25) is 0 Å². The summed E-state index contributed by atoms with van der Waals surface area (Å²) in [6.07, 6.45) is -3.34. The van der Waals surface area contributed by atoms with E-state index in [4.69, 9.17) is 23.2 Å². The highest BCUT2D eigenvalue weighted by molar-refractivity contribution is 6.52. The summed E-state index contributed by atoms with van der Waals surface area (Å²) in [6.45, 7) is 0. The molecule has 0 saturated heterocycles. The van der Waals surface area contributed by atoms with E-state index in [-0.39, 0.29) is 0 Å². The van der Waals surface area contributed by atoms with Crippen molar-refractivity contribution in [2.24, 2.45) is 0 Å². The second-order valence-electron chi connectivity index (χ2n) is 1.48. The molecule has 0 aromatic rings. The zero-order valence-electron chi connectivity index (χ0n) is 3.17. The van der Waals surface area contributed by atoms with Crippen LogP contribution in [-0.4, -0.2) is 16.7 Å². The molecular formula is C3H2Cl2F2. The van der Waals surface area contributed by atoms with Gasteiger partial charge in [0.05, 0.1) is 0 Å². The summed E-state index contributed by atoms with van der Waals surface area (Å²) < 4.78 is 21.6. The second kappa shape index (κ2) is 1.23. The Hall–Kier alpha value is 0.440. The fourth-order valence-electron chi connectivity index (χ4n) is 0.255. The van der Waals surface area contributed by atoms with Crippen LogP contribution in [0.5, 0.6) is 0 Å². The predicted octanol–water partition coefficient (Wildman–Crippen LogP) is 1.85. The predicted molar refractivity (Wildman–Crippen MR) is 24.2 cm³/mol. The Morgan fingerprint density at radius 2 is 1.29 bits per heavy atom. The van der Waals surface area contributed by atoms with Gasteiger partial charge in [0.25, 0.3) is 0 Å². The van der Waals surface area contributed by atoms with Gasteiger partial charge in [-0.15, -0.1) is 0 Å². The van der Waals surface area contributed by atoms with Crippen LogP contribution in [0.4, 0.5) is 8.78 Å². The molecule has 1 aliphatic rings. The molecule has 0 amide bonds. The van der Waals surface area contributed by atoms with Crippen molar-refractivity contribution < 1.29 is 8.78 Å². The molecule has 0 N–H and O–H groups in total. The van der Waals surface area contributed by atoms with Crippen molar-refractivity contribution in [1.82, 2.24) is 0 Å². The summed E-state index contributed by atoms with van der Waals surface area (Å²) in [6, 6.07) is 0. The van der Waals surface area contributed by atoms with E-state index in [2.05, 4.69) is 0 Å². The monoisotopic (exact) mass is 146 g/mol. The molecule has 0 aromatic carbocycles. The maximum atomic E-state index is 11.6. The van der Waals surface area contributed by atoms with E-state index in [1.807, 2.05) is 0 Å². The fraction of sp³-hybridized carbons (Fsp3) is 1.00. The van der Waals surface area contributed by atoms with Crippen LogP contribution >= 0.6 is 23.2 Å². The van der Waals surface area contributed by atoms with Crippen molar-refractivity contribution >= 4 is 23.2 Å². The van der Waals surface area contributed by atoms with Crippen molar-refractivity contribution in [3.05, 3.63) is 0 Å². The number of halogens is 4. The summed E-state index contributed by atoms with van der Waals surface area (Å²) in [5, 5.41) is 0. The Kier molecular flexibility index (Phi) is 0.981. The molecule has 1 saturated carbocycles. The molecule has 0 heterocycles. The van der Waals surface area contributed by atoms with Crippen LogP contribution in [0.2, 0.25) is 0 Å². The van der Waals surface area contributed by atoms with Crippen LogP contribution in [0.25, 0.3) is 0 Å². The van der Waals surface area contributed by atoms with Gasteiger partial charge in [0, 0.05) is 0 Å². The van der Waals surface area contributed by atoms with E-state index in [1.54, 1.807) is 0 Å².